The van der Waals surface area contributed by atoms with Gasteiger partial charge in [0.2, 0.25) is 0 Å². The van der Waals surface area contributed by atoms with Crippen LogP contribution in [0.1, 0.15) is 34.3 Å². The summed E-state index contributed by atoms with van der Waals surface area (Å²) < 4.78 is 0. The average Bonchev–Trinajstić information content (AvgIpc) is 3.26. The predicted molar refractivity (Wildman–Crippen MR) is 117 cm³/mol. The van der Waals surface area contributed by atoms with Crippen molar-refractivity contribution < 1.29 is 4.79 Å². The van der Waals surface area contributed by atoms with Crippen LogP contribution in [-0.4, -0.2) is 28.9 Å². The molecule has 148 valence electrons. The van der Waals surface area contributed by atoms with Crippen molar-refractivity contribution >= 4 is 17.5 Å². The molecule has 5 heteroatoms. The molecule has 0 atom stereocenters. The van der Waals surface area contributed by atoms with Crippen molar-refractivity contribution in [3.8, 4) is 11.1 Å². The summed E-state index contributed by atoms with van der Waals surface area (Å²) >= 11 is 5.79. The first-order valence-electron chi connectivity index (χ1n) is 9.98. The van der Waals surface area contributed by atoms with Crippen molar-refractivity contribution in [1.82, 2.24) is 15.2 Å². The highest BCUT2D eigenvalue weighted by molar-refractivity contribution is 6.29. The lowest BCUT2D eigenvalue weighted by atomic mass is 9.98. The molecule has 1 N–H and O–H groups in total. The fourth-order valence-electron chi connectivity index (χ4n) is 3.73. The van der Waals surface area contributed by atoms with Gasteiger partial charge in [0, 0.05) is 19.3 Å². The predicted octanol–water partition coefficient (Wildman–Crippen LogP) is 4.93. The number of amides is 1. The molecule has 29 heavy (non-hydrogen) atoms. The number of likely N-dealkylation sites (tertiary alicyclic amines) is 1. The molecule has 1 aliphatic heterocycles. The van der Waals surface area contributed by atoms with Gasteiger partial charge in [-0.05, 0) is 60.3 Å². The Morgan fingerprint density at radius 3 is 2.48 bits per heavy atom. The minimum atomic E-state index is -0.162. The van der Waals surface area contributed by atoms with E-state index in [1.807, 2.05) is 18.2 Å². The Morgan fingerprint density at radius 1 is 1.00 bits per heavy atom. The number of aromatic nitrogens is 1. The summed E-state index contributed by atoms with van der Waals surface area (Å²) in [5.74, 6) is -0.162. The number of nitrogens with one attached hydrogen (secondary N) is 1. The molecule has 0 bridgehead atoms. The third-order valence-corrected chi connectivity index (χ3v) is 5.54. The lowest BCUT2D eigenvalue weighted by Gasteiger charge is -2.15. The number of hydrogen-bond donors (Lipinski definition) is 1. The van der Waals surface area contributed by atoms with E-state index in [0.717, 1.165) is 23.2 Å². The summed E-state index contributed by atoms with van der Waals surface area (Å²) in [5, 5.41) is 3.35. The molecular weight excluding hydrogens is 382 g/mol. The van der Waals surface area contributed by atoms with E-state index in [1.165, 1.54) is 37.7 Å². The zero-order valence-electron chi connectivity index (χ0n) is 16.3. The van der Waals surface area contributed by atoms with Gasteiger partial charge in [0.05, 0.1) is 5.56 Å². The molecule has 3 aromatic rings. The number of benzene rings is 2. The topological polar surface area (TPSA) is 45.2 Å². The second-order valence-electron chi connectivity index (χ2n) is 7.39. The van der Waals surface area contributed by atoms with Crippen LogP contribution in [0, 0.1) is 0 Å². The highest BCUT2D eigenvalue weighted by Crippen LogP contribution is 2.25. The minimum absolute atomic E-state index is 0.162. The average molecular weight is 406 g/mol. The zero-order chi connectivity index (χ0) is 20.1. The highest BCUT2D eigenvalue weighted by atomic mass is 35.5. The van der Waals surface area contributed by atoms with Gasteiger partial charge in [0.1, 0.15) is 5.15 Å². The first kappa shape index (κ1) is 19.6. The Balaban J connectivity index is 1.45. The molecule has 0 radical (unpaired) electrons. The molecule has 0 spiro atoms. The van der Waals surface area contributed by atoms with Gasteiger partial charge < -0.3 is 5.32 Å². The van der Waals surface area contributed by atoms with E-state index in [9.17, 15) is 4.79 Å². The van der Waals surface area contributed by atoms with Crippen LogP contribution >= 0.6 is 11.6 Å². The van der Waals surface area contributed by atoms with Gasteiger partial charge in [0.15, 0.2) is 0 Å². The number of hydrogen-bond acceptors (Lipinski definition) is 3. The van der Waals surface area contributed by atoms with Crippen LogP contribution in [0.3, 0.4) is 0 Å². The van der Waals surface area contributed by atoms with E-state index < -0.39 is 0 Å². The van der Waals surface area contributed by atoms with Crippen LogP contribution < -0.4 is 5.32 Å². The van der Waals surface area contributed by atoms with Gasteiger partial charge >= 0.3 is 0 Å². The second kappa shape index (κ2) is 9.21. The Bertz CT molecular complexity index is 964. The number of carbonyl (C=O) groups excluding carboxylic acids is 1. The number of carbonyl (C=O) groups is 1. The van der Waals surface area contributed by atoms with Crippen LogP contribution in [0.4, 0.5) is 0 Å². The van der Waals surface area contributed by atoms with Crippen LogP contribution in [0.15, 0.2) is 66.9 Å². The summed E-state index contributed by atoms with van der Waals surface area (Å²) in [6.45, 7) is 3.88. The van der Waals surface area contributed by atoms with Crippen LogP contribution in [0.2, 0.25) is 5.15 Å². The van der Waals surface area contributed by atoms with Gasteiger partial charge in [-0.2, -0.15) is 0 Å². The van der Waals surface area contributed by atoms with Crippen LogP contribution in [0.5, 0.6) is 0 Å². The van der Waals surface area contributed by atoms with E-state index in [1.54, 1.807) is 12.1 Å². The molecule has 4 rings (SSSR count). The SMILES string of the molecule is O=C(NCc1ccccc1-c1ccc(CN2CCCC2)cc1)c1ccc(Cl)nc1. The summed E-state index contributed by atoms with van der Waals surface area (Å²) in [6, 6.07) is 20.2. The van der Waals surface area contributed by atoms with Crippen LogP contribution in [-0.2, 0) is 13.1 Å². The lowest BCUT2D eigenvalue weighted by molar-refractivity contribution is 0.0950. The van der Waals surface area contributed by atoms with Crippen molar-refractivity contribution in [2.75, 3.05) is 13.1 Å². The van der Waals surface area contributed by atoms with Gasteiger partial charge in [-0.15, -0.1) is 0 Å². The number of halogens is 1. The largest absolute Gasteiger partial charge is 0.348 e. The quantitative estimate of drug-likeness (QED) is 0.591. The molecule has 2 heterocycles. The molecule has 1 aromatic heterocycles. The minimum Gasteiger partial charge on any atom is -0.348 e. The van der Waals surface area contributed by atoms with E-state index in [-0.39, 0.29) is 5.91 Å². The second-order valence-corrected chi connectivity index (χ2v) is 7.78. The standard InChI is InChI=1S/C24H24ClN3O/c25-23-12-11-21(16-26-23)24(29)27-15-20-5-1-2-6-22(20)19-9-7-18(8-10-19)17-28-13-3-4-14-28/h1-2,5-12,16H,3-4,13-15,17H2,(H,27,29). The molecule has 1 saturated heterocycles. The maximum absolute atomic E-state index is 12.4. The Morgan fingerprint density at radius 2 is 1.76 bits per heavy atom. The first-order chi connectivity index (χ1) is 14.2. The number of rotatable bonds is 6. The zero-order valence-corrected chi connectivity index (χ0v) is 17.0. The van der Waals surface area contributed by atoms with E-state index >= 15 is 0 Å². The molecule has 4 nitrogen and oxygen atoms in total. The Hall–Kier alpha value is -2.69. The van der Waals surface area contributed by atoms with Crippen LogP contribution in [0.25, 0.3) is 11.1 Å². The monoisotopic (exact) mass is 405 g/mol. The third kappa shape index (κ3) is 5.03. The first-order valence-corrected chi connectivity index (χ1v) is 10.4. The van der Waals surface area contributed by atoms with E-state index in [0.29, 0.717) is 17.3 Å². The molecule has 2 aromatic carbocycles. The fraction of sp³-hybridized carbons (Fsp3) is 0.250. The summed E-state index contributed by atoms with van der Waals surface area (Å²) in [7, 11) is 0. The van der Waals surface area contributed by atoms with Crippen molar-refractivity contribution in [2.24, 2.45) is 0 Å². The van der Waals surface area contributed by atoms with Gasteiger partial charge in [0.25, 0.3) is 5.91 Å². The van der Waals surface area contributed by atoms with Gasteiger partial charge in [-0.3, -0.25) is 9.69 Å². The van der Waals surface area contributed by atoms with Crippen molar-refractivity contribution in [2.45, 2.75) is 25.9 Å². The smallest absolute Gasteiger partial charge is 0.253 e. The maximum Gasteiger partial charge on any atom is 0.253 e. The molecular formula is C24H24ClN3O. The van der Waals surface area contributed by atoms with Crippen molar-refractivity contribution in [3.05, 3.63) is 88.7 Å². The summed E-state index contributed by atoms with van der Waals surface area (Å²) in [4.78, 5) is 18.9. The van der Waals surface area contributed by atoms with Gasteiger partial charge in [-0.25, -0.2) is 4.98 Å². The van der Waals surface area contributed by atoms with Gasteiger partial charge in [-0.1, -0.05) is 60.1 Å². The highest BCUT2D eigenvalue weighted by Gasteiger charge is 2.12. The number of nitrogens with zero attached hydrogens (tertiary/aromatic N) is 2. The third-order valence-electron chi connectivity index (χ3n) is 5.32. The van der Waals surface area contributed by atoms with Crippen molar-refractivity contribution in [3.63, 3.8) is 0 Å². The molecule has 1 fully saturated rings. The Kier molecular flexibility index (Phi) is 6.23. The molecule has 1 aliphatic rings. The van der Waals surface area contributed by atoms with E-state index in [4.69, 9.17) is 11.6 Å². The molecule has 0 aliphatic carbocycles. The van der Waals surface area contributed by atoms with E-state index in [2.05, 4.69) is 45.5 Å². The molecule has 1 amide bonds. The normalized spacial score (nSPS) is 14.1. The molecule has 0 unspecified atom stereocenters. The molecule has 0 saturated carbocycles. The summed E-state index contributed by atoms with van der Waals surface area (Å²) in [5.41, 5.74) is 5.22. The Labute approximate surface area is 176 Å². The summed E-state index contributed by atoms with van der Waals surface area (Å²) in [6.07, 6.45) is 4.11. The lowest BCUT2D eigenvalue weighted by Crippen LogP contribution is -2.23. The van der Waals surface area contributed by atoms with Crippen molar-refractivity contribution in [1.29, 1.82) is 0 Å². The maximum atomic E-state index is 12.4. The number of pyridine rings is 1. The fourth-order valence-corrected chi connectivity index (χ4v) is 3.84.